The molecule has 1 atom stereocenters. The Kier molecular flexibility index (Phi) is 4.66. The maximum absolute atomic E-state index is 12.4. The van der Waals surface area contributed by atoms with E-state index in [0.717, 1.165) is 12.8 Å². The number of sulfonamides is 1. The van der Waals surface area contributed by atoms with Crippen LogP contribution in [-0.4, -0.2) is 39.0 Å². The largest absolute Gasteiger partial charge is 0.377 e. The summed E-state index contributed by atoms with van der Waals surface area (Å²) in [4.78, 5) is 0.0127. The second-order valence-electron chi connectivity index (χ2n) is 4.68. The molecule has 0 saturated carbocycles. The van der Waals surface area contributed by atoms with Gasteiger partial charge < -0.3 is 4.74 Å². The highest BCUT2D eigenvalue weighted by molar-refractivity contribution is 7.89. The van der Waals surface area contributed by atoms with Crippen molar-refractivity contribution in [3.05, 3.63) is 28.8 Å². The fraction of sp³-hybridized carbons (Fsp3) is 0.462. The van der Waals surface area contributed by atoms with Crippen LogP contribution >= 0.6 is 11.6 Å². The summed E-state index contributed by atoms with van der Waals surface area (Å²) < 4.78 is 31.6. The number of likely N-dealkylation sites (N-methyl/N-ethyl adjacent to an activating group) is 1. The summed E-state index contributed by atoms with van der Waals surface area (Å²) in [5.41, 5.74) is 0.329. The molecule has 0 radical (unpaired) electrons. The monoisotopic (exact) mass is 314 g/mol. The van der Waals surface area contributed by atoms with Crippen LogP contribution in [0.1, 0.15) is 18.4 Å². The van der Waals surface area contributed by atoms with E-state index >= 15 is 0 Å². The minimum atomic E-state index is -3.67. The molecule has 0 bridgehead atoms. The van der Waals surface area contributed by atoms with Gasteiger partial charge in [0.15, 0.2) is 0 Å². The van der Waals surface area contributed by atoms with Crippen molar-refractivity contribution < 1.29 is 13.2 Å². The van der Waals surface area contributed by atoms with Gasteiger partial charge in [-0.1, -0.05) is 11.6 Å². The van der Waals surface area contributed by atoms with E-state index in [9.17, 15) is 8.42 Å². The van der Waals surface area contributed by atoms with Gasteiger partial charge in [0.25, 0.3) is 0 Å². The van der Waals surface area contributed by atoms with Crippen molar-refractivity contribution in [2.45, 2.75) is 23.8 Å². The molecule has 0 N–H and O–H groups in total. The first-order valence-corrected chi connectivity index (χ1v) is 8.04. The lowest BCUT2D eigenvalue weighted by Crippen LogP contribution is -2.34. The number of benzene rings is 1. The molecule has 1 heterocycles. The summed E-state index contributed by atoms with van der Waals surface area (Å²) in [6.07, 6.45) is 1.75. The van der Waals surface area contributed by atoms with Gasteiger partial charge in [-0.25, -0.2) is 8.42 Å². The topological polar surface area (TPSA) is 70.4 Å². The Hall–Kier alpha value is -1.13. The summed E-state index contributed by atoms with van der Waals surface area (Å²) >= 11 is 5.97. The molecule has 0 aromatic heterocycles. The van der Waals surface area contributed by atoms with Crippen LogP contribution < -0.4 is 0 Å². The molecule has 0 amide bonds. The van der Waals surface area contributed by atoms with Crippen molar-refractivity contribution in [3.63, 3.8) is 0 Å². The third-order valence-corrected chi connectivity index (χ3v) is 5.54. The molecule has 1 aliphatic heterocycles. The van der Waals surface area contributed by atoms with Crippen molar-refractivity contribution in [1.82, 2.24) is 4.31 Å². The molecule has 0 aliphatic carbocycles. The number of hydrogen-bond acceptors (Lipinski definition) is 4. The number of rotatable bonds is 4. The lowest BCUT2D eigenvalue weighted by atomic mass is 10.2. The van der Waals surface area contributed by atoms with Gasteiger partial charge in [0.2, 0.25) is 10.0 Å². The molecule has 1 fully saturated rings. The molecule has 1 aromatic rings. The van der Waals surface area contributed by atoms with Crippen molar-refractivity contribution in [3.8, 4) is 6.07 Å². The van der Waals surface area contributed by atoms with E-state index in [4.69, 9.17) is 21.6 Å². The molecular formula is C13H15ClN2O3S. The molecule has 5 nitrogen and oxygen atoms in total. The summed E-state index contributed by atoms with van der Waals surface area (Å²) in [6, 6.07) is 6.08. The predicted molar refractivity (Wildman–Crippen MR) is 75.0 cm³/mol. The highest BCUT2D eigenvalue weighted by Crippen LogP contribution is 2.26. The van der Waals surface area contributed by atoms with Crippen LogP contribution in [0.25, 0.3) is 0 Å². The van der Waals surface area contributed by atoms with Gasteiger partial charge in [-0.2, -0.15) is 9.57 Å². The smallest absolute Gasteiger partial charge is 0.244 e. The summed E-state index contributed by atoms with van der Waals surface area (Å²) in [5.74, 6) is 0. The van der Waals surface area contributed by atoms with E-state index in [1.807, 2.05) is 6.07 Å². The zero-order valence-corrected chi connectivity index (χ0v) is 12.6. The second-order valence-corrected chi connectivity index (χ2v) is 7.10. The molecule has 7 heteroatoms. The normalized spacial score (nSPS) is 19.2. The van der Waals surface area contributed by atoms with Gasteiger partial charge in [-0.05, 0) is 31.0 Å². The fourth-order valence-electron chi connectivity index (χ4n) is 2.12. The van der Waals surface area contributed by atoms with Crippen molar-refractivity contribution in [2.24, 2.45) is 0 Å². The van der Waals surface area contributed by atoms with Gasteiger partial charge in [0.05, 0.1) is 22.8 Å². The Morgan fingerprint density at radius 1 is 1.55 bits per heavy atom. The minimum Gasteiger partial charge on any atom is -0.377 e. The maximum Gasteiger partial charge on any atom is 0.244 e. The van der Waals surface area contributed by atoms with Crippen LogP contribution in [0.3, 0.4) is 0 Å². The van der Waals surface area contributed by atoms with Gasteiger partial charge in [-0.15, -0.1) is 0 Å². The van der Waals surface area contributed by atoms with E-state index in [1.54, 1.807) is 0 Å². The van der Waals surface area contributed by atoms with Gasteiger partial charge in [0.1, 0.15) is 4.90 Å². The summed E-state index contributed by atoms with van der Waals surface area (Å²) in [5, 5.41) is 8.83. The Balaban J connectivity index is 2.23. The van der Waals surface area contributed by atoms with Crippen molar-refractivity contribution in [2.75, 3.05) is 20.2 Å². The van der Waals surface area contributed by atoms with E-state index < -0.39 is 10.0 Å². The van der Waals surface area contributed by atoms with E-state index in [-0.39, 0.29) is 16.0 Å². The third-order valence-electron chi connectivity index (χ3n) is 3.23. The average Bonchev–Trinajstić information content (AvgIpc) is 2.91. The Labute approximate surface area is 123 Å². The molecule has 0 spiro atoms. The molecule has 2 rings (SSSR count). The first kappa shape index (κ1) is 15.3. The van der Waals surface area contributed by atoms with Gasteiger partial charge in [0, 0.05) is 20.2 Å². The maximum atomic E-state index is 12.4. The molecular weight excluding hydrogens is 300 g/mol. The Bertz CT molecular complexity index is 634. The molecule has 1 aromatic carbocycles. The Morgan fingerprint density at radius 2 is 2.30 bits per heavy atom. The zero-order chi connectivity index (χ0) is 14.8. The molecule has 1 saturated heterocycles. The Morgan fingerprint density at radius 3 is 2.85 bits per heavy atom. The summed E-state index contributed by atoms with van der Waals surface area (Å²) in [6.45, 7) is 0.981. The van der Waals surface area contributed by atoms with Crippen LogP contribution in [-0.2, 0) is 14.8 Å². The third kappa shape index (κ3) is 3.13. The lowest BCUT2D eigenvalue weighted by Gasteiger charge is -2.21. The standard InChI is InChI=1S/C13H15ClN2O3S/c1-16(9-11-3-2-6-19-11)20(17,18)13-5-4-10(8-15)7-12(13)14/h4-5,7,11H,2-3,6,9H2,1H3. The van der Waals surface area contributed by atoms with Crippen LogP contribution in [0, 0.1) is 11.3 Å². The molecule has 20 heavy (non-hydrogen) atoms. The van der Waals surface area contributed by atoms with Crippen LogP contribution in [0.2, 0.25) is 5.02 Å². The predicted octanol–water partition coefficient (Wildman–Crippen LogP) is 2.01. The van der Waals surface area contributed by atoms with Crippen LogP contribution in [0.15, 0.2) is 23.1 Å². The van der Waals surface area contributed by atoms with Crippen molar-refractivity contribution >= 4 is 21.6 Å². The highest BCUT2D eigenvalue weighted by atomic mass is 35.5. The SMILES string of the molecule is CN(CC1CCCO1)S(=O)(=O)c1ccc(C#N)cc1Cl. The van der Waals surface area contributed by atoms with E-state index in [0.29, 0.717) is 18.7 Å². The summed E-state index contributed by atoms with van der Waals surface area (Å²) in [7, 11) is -2.16. The zero-order valence-electron chi connectivity index (χ0n) is 11.0. The van der Waals surface area contributed by atoms with E-state index in [2.05, 4.69) is 0 Å². The lowest BCUT2D eigenvalue weighted by molar-refractivity contribution is 0.0979. The minimum absolute atomic E-state index is 0.0127. The van der Waals surface area contributed by atoms with Gasteiger partial charge in [-0.3, -0.25) is 0 Å². The first-order chi connectivity index (χ1) is 9.45. The second kappa shape index (κ2) is 6.10. The number of nitriles is 1. The number of ether oxygens (including phenoxy) is 1. The van der Waals surface area contributed by atoms with E-state index in [1.165, 1.54) is 29.6 Å². The molecule has 1 unspecified atom stereocenters. The highest BCUT2D eigenvalue weighted by Gasteiger charge is 2.27. The average molecular weight is 315 g/mol. The molecule has 108 valence electrons. The number of halogens is 1. The number of hydrogen-bond donors (Lipinski definition) is 0. The number of nitrogens with zero attached hydrogens (tertiary/aromatic N) is 2. The van der Waals surface area contributed by atoms with Crippen LogP contribution in [0.4, 0.5) is 0 Å². The van der Waals surface area contributed by atoms with Crippen molar-refractivity contribution in [1.29, 1.82) is 5.26 Å². The quantitative estimate of drug-likeness (QED) is 0.852. The fourth-order valence-corrected chi connectivity index (χ4v) is 3.84. The van der Waals surface area contributed by atoms with Gasteiger partial charge >= 0.3 is 0 Å². The molecule has 1 aliphatic rings. The van der Waals surface area contributed by atoms with Crippen LogP contribution in [0.5, 0.6) is 0 Å². The first-order valence-electron chi connectivity index (χ1n) is 6.22.